The molecular weight excluding hydrogens is 260 g/mol. The predicted molar refractivity (Wildman–Crippen MR) is 79.0 cm³/mol. The van der Waals surface area contributed by atoms with Gasteiger partial charge in [0.05, 0.1) is 0 Å². The number of anilines is 2. The molecule has 0 aliphatic heterocycles. The third-order valence-corrected chi connectivity index (χ3v) is 3.22. The van der Waals surface area contributed by atoms with Crippen LogP contribution in [0, 0.1) is 0 Å². The van der Waals surface area contributed by atoms with Crippen molar-refractivity contribution in [2.24, 2.45) is 0 Å². The number of urea groups is 1. The molecule has 2 aromatic rings. The highest BCUT2D eigenvalue weighted by Gasteiger charge is 2.02. The molecule has 0 bridgehead atoms. The van der Waals surface area contributed by atoms with E-state index >= 15 is 0 Å². The Bertz CT molecular complexity index is 553. The fourth-order valence-electron chi connectivity index (χ4n) is 1.51. The second-order valence-corrected chi connectivity index (χ2v) is 4.73. The molecule has 0 radical (unpaired) electrons. The molecule has 2 rings (SSSR count). The number of nitrogens with one attached hydrogen (secondary N) is 2. The first-order valence-electron chi connectivity index (χ1n) is 5.68. The lowest BCUT2D eigenvalue weighted by molar-refractivity contribution is 0.262. The number of carbonyl (C=O) groups excluding carboxylic acids is 1. The fourth-order valence-corrected chi connectivity index (χ4v) is 1.92. The van der Waals surface area contributed by atoms with Crippen LogP contribution in [0.15, 0.2) is 53.4 Å². The van der Waals surface area contributed by atoms with Crippen LogP contribution in [-0.2, 0) is 0 Å². The largest absolute Gasteiger partial charge is 0.508 e. The molecule has 19 heavy (non-hydrogen) atoms. The second kappa shape index (κ2) is 6.15. The van der Waals surface area contributed by atoms with Gasteiger partial charge in [0.15, 0.2) is 0 Å². The molecule has 0 aliphatic carbocycles. The monoisotopic (exact) mass is 274 g/mol. The van der Waals surface area contributed by atoms with Gasteiger partial charge in [-0.05, 0) is 54.8 Å². The number of aromatic hydroxyl groups is 1. The van der Waals surface area contributed by atoms with Crippen LogP contribution in [-0.4, -0.2) is 17.4 Å². The highest BCUT2D eigenvalue weighted by atomic mass is 32.2. The Morgan fingerprint density at radius 2 is 1.42 bits per heavy atom. The summed E-state index contributed by atoms with van der Waals surface area (Å²) in [5.74, 6) is 0.165. The number of amides is 2. The van der Waals surface area contributed by atoms with Gasteiger partial charge in [-0.3, -0.25) is 0 Å². The van der Waals surface area contributed by atoms with Crippen molar-refractivity contribution in [2.45, 2.75) is 4.90 Å². The minimum Gasteiger partial charge on any atom is -0.508 e. The molecule has 0 spiro atoms. The van der Waals surface area contributed by atoms with Crippen molar-refractivity contribution in [1.29, 1.82) is 0 Å². The maximum atomic E-state index is 11.7. The van der Waals surface area contributed by atoms with Crippen LogP contribution in [0.3, 0.4) is 0 Å². The van der Waals surface area contributed by atoms with Crippen molar-refractivity contribution in [2.75, 3.05) is 16.9 Å². The maximum absolute atomic E-state index is 11.7. The third kappa shape index (κ3) is 3.93. The normalized spacial score (nSPS) is 9.95. The quantitative estimate of drug-likeness (QED) is 0.590. The fraction of sp³-hybridized carbons (Fsp3) is 0.0714. The summed E-state index contributed by atoms with van der Waals surface area (Å²) >= 11 is 1.65. The van der Waals surface area contributed by atoms with E-state index in [1.165, 1.54) is 12.1 Å². The zero-order chi connectivity index (χ0) is 13.7. The number of carbonyl (C=O) groups is 1. The summed E-state index contributed by atoms with van der Waals surface area (Å²) in [5.41, 5.74) is 1.35. The van der Waals surface area contributed by atoms with Gasteiger partial charge in [0.1, 0.15) is 5.75 Å². The van der Waals surface area contributed by atoms with Crippen LogP contribution in [0.5, 0.6) is 5.75 Å². The summed E-state index contributed by atoms with van der Waals surface area (Å²) in [7, 11) is 0. The van der Waals surface area contributed by atoms with Crippen molar-refractivity contribution in [1.82, 2.24) is 0 Å². The van der Waals surface area contributed by atoms with Gasteiger partial charge in [0.2, 0.25) is 0 Å². The van der Waals surface area contributed by atoms with E-state index in [9.17, 15) is 4.79 Å². The summed E-state index contributed by atoms with van der Waals surface area (Å²) in [5, 5.41) is 14.6. The number of thioether (sulfide) groups is 1. The van der Waals surface area contributed by atoms with Crippen LogP contribution >= 0.6 is 11.8 Å². The molecule has 0 unspecified atom stereocenters. The van der Waals surface area contributed by atoms with Gasteiger partial charge in [0, 0.05) is 16.3 Å². The molecule has 0 atom stereocenters. The molecular formula is C14H14N2O2S. The van der Waals surface area contributed by atoms with Crippen molar-refractivity contribution in [3.8, 4) is 5.75 Å². The molecule has 0 saturated heterocycles. The van der Waals surface area contributed by atoms with Crippen molar-refractivity contribution in [3.05, 3.63) is 48.5 Å². The first kappa shape index (κ1) is 13.3. The van der Waals surface area contributed by atoms with Gasteiger partial charge in [-0.1, -0.05) is 0 Å². The number of hydrogen-bond acceptors (Lipinski definition) is 3. The highest BCUT2D eigenvalue weighted by Crippen LogP contribution is 2.18. The summed E-state index contributed by atoms with van der Waals surface area (Å²) < 4.78 is 0. The molecule has 0 aliphatic rings. The van der Waals surface area contributed by atoms with Gasteiger partial charge in [-0.2, -0.15) is 0 Å². The Balaban J connectivity index is 1.95. The molecule has 98 valence electrons. The van der Waals surface area contributed by atoms with E-state index in [4.69, 9.17) is 5.11 Å². The average Bonchev–Trinajstić information content (AvgIpc) is 2.42. The summed E-state index contributed by atoms with van der Waals surface area (Å²) in [4.78, 5) is 12.9. The molecule has 2 amide bonds. The standard InChI is InChI=1S/C14H14N2O2S/c1-19-13-8-4-11(5-9-13)16-14(18)15-10-2-6-12(17)7-3-10/h2-9,17H,1H3,(H2,15,16,18). The van der Waals surface area contributed by atoms with Crippen molar-refractivity contribution < 1.29 is 9.90 Å². The second-order valence-electron chi connectivity index (χ2n) is 3.85. The minimum atomic E-state index is -0.317. The van der Waals surface area contributed by atoms with E-state index in [2.05, 4.69) is 10.6 Å². The number of benzene rings is 2. The molecule has 0 heterocycles. The van der Waals surface area contributed by atoms with Crippen LogP contribution in [0.1, 0.15) is 0 Å². The smallest absolute Gasteiger partial charge is 0.323 e. The van der Waals surface area contributed by atoms with Gasteiger partial charge in [-0.15, -0.1) is 11.8 Å². The van der Waals surface area contributed by atoms with Gasteiger partial charge in [-0.25, -0.2) is 4.79 Å². The predicted octanol–water partition coefficient (Wildman–Crippen LogP) is 3.76. The number of hydrogen-bond donors (Lipinski definition) is 3. The first-order valence-corrected chi connectivity index (χ1v) is 6.91. The van der Waals surface area contributed by atoms with E-state index in [0.717, 1.165) is 10.6 Å². The Hall–Kier alpha value is -2.14. The van der Waals surface area contributed by atoms with E-state index in [1.807, 2.05) is 30.5 Å². The van der Waals surface area contributed by atoms with Crippen molar-refractivity contribution >= 4 is 29.2 Å². The molecule has 5 heteroatoms. The van der Waals surface area contributed by atoms with Crippen LogP contribution in [0.4, 0.5) is 16.2 Å². The Morgan fingerprint density at radius 1 is 0.947 bits per heavy atom. The zero-order valence-electron chi connectivity index (χ0n) is 10.4. The zero-order valence-corrected chi connectivity index (χ0v) is 11.2. The van der Waals surface area contributed by atoms with E-state index < -0.39 is 0 Å². The maximum Gasteiger partial charge on any atom is 0.323 e. The first-order chi connectivity index (χ1) is 9.17. The van der Waals surface area contributed by atoms with Crippen molar-refractivity contribution in [3.63, 3.8) is 0 Å². The lowest BCUT2D eigenvalue weighted by Crippen LogP contribution is -2.19. The van der Waals surface area contributed by atoms with Gasteiger partial charge < -0.3 is 15.7 Å². The van der Waals surface area contributed by atoms with Gasteiger partial charge in [0.25, 0.3) is 0 Å². The average molecular weight is 274 g/mol. The number of phenolic OH excluding ortho intramolecular Hbond substituents is 1. The molecule has 0 aromatic heterocycles. The lowest BCUT2D eigenvalue weighted by Gasteiger charge is -2.08. The Morgan fingerprint density at radius 3 is 1.89 bits per heavy atom. The molecule has 2 aromatic carbocycles. The third-order valence-electron chi connectivity index (χ3n) is 2.47. The molecule has 3 N–H and O–H groups in total. The topological polar surface area (TPSA) is 61.4 Å². The molecule has 4 nitrogen and oxygen atoms in total. The minimum absolute atomic E-state index is 0.165. The summed E-state index contributed by atoms with van der Waals surface area (Å²) in [6.45, 7) is 0. The van der Waals surface area contributed by atoms with E-state index in [0.29, 0.717) is 5.69 Å². The number of phenols is 1. The van der Waals surface area contributed by atoms with Crippen LogP contribution < -0.4 is 10.6 Å². The SMILES string of the molecule is CSc1ccc(NC(=O)Nc2ccc(O)cc2)cc1. The van der Waals surface area contributed by atoms with Gasteiger partial charge >= 0.3 is 6.03 Å². The summed E-state index contributed by atoms with van der Waals surface area (Å²) in [6.07, 6.45) is 2.00. The van der Waals surface area contributed by atoms with Crippen LogP contribution in [0.25, 0.3) is 0 Å². The highest BCUT2D eigenvalue weighted by molar-refractivity contribution is 7.98. The Labute approximate surface area is 115 Å². The molecule has 0 fully saturated rings. The molecule has 0 saturated carbocycles. The van der Waals surface area contributed by atoms with E-state index in [-0.39, 0.29) is 11.8 Å². The lowest BCUT2D eigenvalue weighted by atomic mass is 10.3. The number of rotatable bonds is 3. The van der Waals surface area contributed by atoms with E-state index in [1.54, 1.807) is 23.9 Å². The Kier molecular flexibility index (Phi) is 4.30. The summed E-state index contributed by atoms with van der Waals surface area (Å²) in [6, 6.07) is 13.6. The van der Waals surface area contributed by atoms with Crippen LogP contribution in [0.2, 0.25) is 0 Å².